The average molecular weight is 272 g/mol. The van der Waals surface area contributed by atoms with Gasteiger partial charge in [-0.15, -0.1) is 0 Å². The fourth-order valence-electron chi connectivity index (χ4n) is 1.77. The summed E-state index contributed by atoms with van der Waals surface area (Å²) in [7, 11) is 0. The lowest BCUT2D eigenvalue weighted by molar-refractivity contribution is 0.355. The normalized spacial score (nSPS) is 17.0. The summed E-state index contributed by atoms with van der Waals surface area (Å²) < 4.78 is 6.61. The van der Waals surface area contributed by atoms with E-state index >= 15 is 0 Å². The van der Waals surface area contributed by atoms with Crippen LogP contribution in [0.15, 0.2) is 21.2 Å². The Kier molecular flexibility index (Phi) is 3.21. The summed E-state index contributed by atoms with van der Waals surface area (Å²) in [5, 5.41) is 3.54. The largest absolute Gasteiger partial charge is 0.468 e. The van der Waals surface area contributed by atoms with Crippen LogP contribution in [0.5, 0.6) is 0 Å². The van der Waals surface area contributed by atoms with Crippen molar-refractivity contribution in [1.82, 2.24) is 5.32 Å². The van der Waals surface area contributed by atoms with Gasteiger partial charge in [-0.05, 0) is 47.8 Å². The molecule has 0 aromatic carbocycles. The van der Waals surface area contributed by atoms with Crippen molar-refractivity contribution in [3.8, 4) is 0 Å². The number of rotatable bonds is 5. The summed E-state index contributed by atoms with van der Waals surface area (Å²) in [5.74, 6) is 1.06. The van der Waals surface area contributed by atoms with Crippen molar-refractivity contribution in [2.45, 2.75) is 44.6 Å². The first-order valence-electron chi connectivity index (χ1n) is 5.56. The van der Waals surface area contributed by atoms with Gasteiger partial charge < -0.3 is 9.73 Å². The fourth-order valence-corrected chi connectivity index (χ4v) is 2.50. The Morgan fingerprint density at radius 2 is 2.27 bits per heavy atom. The molecule has 1 aliphatic carbocycles. The fraction of sp³-hybridized carbons (Fsp3) is 0.667. The highest BCUT2D eigenvalue weighted by molar-refractivity contribution is 9.10. The quantitative estimate of drug-likeness (QED) is 0.888. The van der Waals surface area contributed by atoms with E-state index in [0.717, 1.165) is 29.2 Å². The van der Waals surface area contributed by atoms with Crippen LogP contribution in [0.2, 0.25) is 0 Å². The van der Waals surface area contributed by atoms with Crippen molar-refractivity contribution in [1.29, 1.82) is 0 Å². The van der Waals surface area contributed by atoms with Gasteiger partial charge in [-0.2, -0.15) is 0 Å². The molecule has 1 aromatic heterocycles. The van der Waals surface area contributed by atoms with Gasteiger partial charge in [0.15, 0.2) is 0 Å². The first kappa shape index (κ1) is 11.2. The minimum absolute atomic E-state index is 0.101. The summed E-state index contributed by atoms with van der Waals surface area (Å²) in [6, 6.07) is 2.76. The number of hydrogen-bond acceptors (Lipinski definition) is 2. The minimum Gasteiger partial charge on any atom is -0.468 e. The molecule has 1 aliphatic rings. The van der Waals surface area contributed by atoms with Crippen LogP contribution >= 0.6 is 15.9 Å². The molecule has 0 radical (unpaired) electrons. The second-order valence-corrected chi connectivity index (χ2v) is 5.81. The molecule has 0 spiro atoms. The molecule has 1 saturated carbocycles. The third-order valence-electron chi connectivity index (χ3n) is 2.99. The summed E-state index contributed by atoms with van der Waals surface area (Å²) in [6.07, 6.45) is 5.56. The van der Waals surface area contributed by atoms with Gasteiger partial charge in [-0.25, -0.2) is 0 Å². The second kappa shape index (κ2) is 4.30. The van der Waals surface area contributed by atoms with Crippen LogP contribution in [0.25, 0.3) is 0 Å². The van der Waals surface area contributed by atoms with Gasteiger partial charge in [-0.1, -0.05) is 13.8 Å². The Labute approximate surface area is 99.6 Å². The second-order valence-electron chi connectivity index (χ2n) is 4.96. The molecule has 0 amide bonds. The third kappa shape index (κ3) is 2.85. The lowest BCUT2D eigenvalue weighted by Gasteiger charge is -2.22. The van der Waals surface area contributed by atoms with Crippen LogP contribution < -0.4 is 5.32 Å². The molecule has 0 saturated heterocycles. The molecule has 0 bridgehead atoms. The van der Waals surface area contributed by atoms with Gasteiger partial charge in [0.05, 0.1) is 10.7 Å². The zero-order valence-electron chi connectivity index (χ0n) is 9.35. The van der Waals surface area contributed by atoms with E-state index in [1.54, 1.807) is 6.26 Å². The van der Waals surface area contributed by atoms with Crippen LogP contribution in [-0.2, 0) is 5.41 Å². The maximum absolute atomic E-state index is 5.53. The maximum atomic E-state index is 5.53. The van der Waals surface area contributed by atoms with Crippen LogP contribution in [0.1, 0.15) is 38.9 Å². The van der Waals surface area contributed by atoms with Gasteiger partial charge in [0, 0.05) is 11.5 Å². The number of hydrogen-bond donors (Lipinski definition) is 1. The average Bonchev–Trinajstić information content (AvgIpc) is 2.86. The van der Waals surface area contributed by atoms with Crippen molar-refractivity contribution in [3.05, 3.63) is 22.6 Å². The predicted molar refractivity (Wildman–Crippen MR) is 65.1 cm³/mol. The lowest BCUT2D eigenvalue weighted by Crippen LogP contribution is -2.26. The van der Waals surface area contributed by atoms with E-state index in [0.29, 0.717) is 0 Å². The van der Waals surface area contributed by atoms with E-state index in [2.05, 4.69) is 35.1 Å². The molecule has 1 aromatic rings. The summed E-state index contributed by atoms with van der Waals surface area (Å²) in [4.78, 5) is 0. The molecule has 1 N–H and O–H groups in total. The molecule has 1 fully saturated rings. The van der Waals surface area contributed by atoms with Crippen LogP contribution in [0, 0.1) is 0 Å². The summed E-state index contributed by atoms with van der Waals surface area (Å²) in [6.45, 7) is 5.53. The highest BCUT2D eigenvalue weighted by Crippen LogP contribution is 2.33. The molecular formula is C12H18BrNO. The monoisotopic (exact) mass is 271 g/mol. The van der Waals surface area contributed by atoms with Gasteiger partial charge in [0.1, 0.15) is 5.76 Å². The molecule has 15 heavy (non-hydrogen) atoms. The first-order valence-corrected chi connectivity index (χ1v) is 6.36. The highest BCUT2D eigenvalue weighted by Gasteiger charge is 2.27. The summed E-state index contributed by atoms with van der Waals surface area (Å²) >= 11 is 3.52. The topological polar surface area (TPSA) is 25.2 Å². The highest BCUT2D eigenvalue weighted by atomic mass is 79.9. The van der Waals surface area contributed by atoms with Crippen LogP contribution in [0.4, 0.5) is 0 Å². The van der Waals surface area contributed by atoms with Gasteiger partial charge in [-0.3, -0.25) is 0 Å². The Bertz CT molecular complexity index is 328. The Morgan fingerprint density at radius 3 is 2.80 bits per heavy atom. The minimum atomic E-state index is 0.101. The van der Waals surface area contributed by atoms with Crippen LogP contribution in [0.3, 0.4) is 0 Å². The molecule has 0 aliphatic heterocycles. The smallest absolute Gasteiger partial charge is 0.123 e. The standard InChI is InChI=1S/C12H18BrNO/c1-12(2,6-7-14-9-3-4-9)11-10(13)5-8-15-11/h5,8-9,14H,3-4,6-7H2,1-2H3. The van der Waals surface area contributed by atoms with Crippen molar-refractivity contribution in [2.24, 2.45) is 0 Å². The van der Waals surface area contributed by atoms with E-state index in [-0.39, 0.29) is 5.41 Å². The Hall–Kier alpha value is -0.280. The zero-order valence-corrected chi connectivity index (χ0v) is 10.9. The molecule has 0 unspecified atom stereocenters. The van der Waals surface area contributed by atoms with Crippen LogP contribution in [-0.4, -0.2) is 12.6 Å². The Balaban J connectivity index is 1.90. The number of halogens is 1. The van der Waals surface area contributed by atoms with Gasteiger partial charge >= 0.3 is 0 Å². The van der Waals surface area contributed by atoms with Crippen molar-refractivity contribution in [3.63, 3.8) is 0 Å². The molecule has 3 heteroatoms. The number of nitrogens with one attached hydrogen (secondary N) is 1. The molecule has 1 heterocycles. The zero-order chi connectivity index (χ0) is 10.9. The Morgan fingerprint density at radius 1 is 1.53 bits per heavy atom. The molecule has 2 nitrogen and oxygen atoms in total. The first-order chi connectivity index (χ1) is 7.09. The summed E-state index contributed by atoms with van der Waals surface area (Å²) in [5.41, 5.74) is 0.101. The third-order valence-corrected chi connectivity index (χ3v) is 3.62. The van der Waals surface area contributed by atoms with Crippen molar-refractivity contribution in [2.75, 3.05) is 6.54 Å². The SMILES string of the molecule is CC(C)(CCNC1CC1)c1occc1Br. The maximum Gasteiger partial charge on any atom is 0.123 e. The van der Waals surface area contributed by atoms with E-state index in [9.17, 15) is 0 Å². The van der Waals surface area contributed by atoms with E-state index < -0.39 is 0 Å². The van der Waals surface area contributed by atoms with Crippen molar-refractivity contribution >= 4 is 15.9 Å². The lowest BCUT2D eigenvalue weighted by atomic mass is 9.86. The van der Waals surface area contributed by atoms with E-state index in [1.165, 1.54) is 12.8 Å². The van der Waals surface area contributed by atoms with Crippen molar-refractivity contribution < 1.29 is 4.42 Å². The molecular weight excluding hydrogens is 254 g/mol. The van der Waals surface area contributed by atoms with E-state index in [1.807, 2.05) is 6.07 Å². The van der Waals surface area contributed by atoms with E-state index in [4.69, 9.17) is 4.42 Å². The predicted octanol–water partition coefficient (Wildman–Crippen LogP) is 3.46. The molecule has 0 atom stereocenters. The van der Waals surface area contributed by atoms with Gasteiger partial charge in [0.2, 0.25) is 0 Å². The molecule has 2 rings (SSSR count). The number of furan rings is 1. The van der Waals surface area contributed by atoms with Gasteiger partial charge in [0.25, 0.3) is 0 Å². The molecule has 84 valence electrons.